The monoisotopic (exact) mass is 385 g/mol. The summed E-state index contributed by atoms with van der Waals surface area (Å²) in [5, 5.41) is 3.96. The van der Waals surface area contributed by atoms with Gasteiger partial charge < -0.3 is 10.1 Å². The number of hydrogen-bond acceptors (Lipinski definition) is 4. The van der Waals surface area contributed by atoms with Gasteiger partial charge in [0.1, 0.15) is 6.10 Å². The van der Waals surface area contributed by atoms with E-state index in [4.69, 9.17) is 16.3 Å². The van der Waals surface area contributed by atoms with E-state index in [-0.39, 0.29) is 23.8 Å². The van der Waals surface area contributed by atoms with Crippen molar-refractivity contribution in [2.24, 2.45) is 0 Å². The number of dihydropyridines is 1. The highest BCUT2D eigenvalue weighted by molar-refractivity contribution is 6.30. The summed E-state index contributed by atoms with van der Waals surface area (Å²) >= 11 is 6.06. The van der Waals surface area contributed by atoms with E-state index in [0.29, 0.717) is 22.6 Å². The summed E-state index contributed by atoms with van der Waals surface area (Å²) < 4.78 is 5.81. The van der Waals surface area contributed by atoms with E-state index in [2.05, 4.69) is 5.32 Å². The summed E-state index contributed by atoms with van der Waals surface area (Å²) in [4.78, 5) is 25.9. The van der Waals surface area contributed by atoms with Gasteiger partial charge in [0.25, 0.3) is 0 Å². The smallest absolute Gasteiger partial charge is 0.337 e. The fourth-order valence-corrected chi connectivity index (χ4v) is 4.59. The molecule has 4 nitrogen and oxygen atoms in total. The van der Waals surface area contributed by atoms with Crippen LogP contribution in [-0.2, 0) is 14.3 Å². The van der Waals surface area contributed by atoms with Crippen LogP contribution in [0.25, 0.3) is 0 Å². The van der Waals surface area contributed by atoms with Gasteiger partial charge in [-0.1, -0.05) is 23.7 Å². The lowest BCUT2D eigenvalue weighted by atomic mass is 9.75. The second-order valence-electron chi connectivity index (χ2n) is 7.63. The Bertz CT molecular complexity index is 832. The van der Waals surface area contributed by atoms with E-state index in [1.165, 1.54) is 0 Å². The molecule has 1 unspecified atom stereocenters. The largest absolute Gasteiger partial charge is 0.459 e. The number of Topliss-reactive ketones (excluding diaryl/α,β-unsaturated/α-hetero) is 1. The van der Waals surface area contributed by atoms with E-state index < -0.39 is 0 Å². The van der Waals surface area contributed by atoms with E-state index in [1.54, 1.807) is 0 Å². The van der Waals surface area contributed by atoms with Gasteiger partial charge in [-0.3, -0.25) is 4.79 Å². The normalized spacial score (nSPS) is 23.3. The van der Waals surface area contributed by atoms with E-state index in [0.717, 1.165) is 55.5 Å². The highest BCUT2D eigenvalue weighted by atomic mass is 35.5. The Hall–Kier alpha value is -2.07. The first-order chi connectivity index (χ1) is 13.0. The minimum atomic E-state index is -0.389. The number of carbonyl (C=O) groups excluding carboxylic acids is 2. The Kier molecular flexibility index (Phi) is 5.09. The maximum atomic E-state index is 13.1. The van der Waals surface area contributed by atoms with Crippen molar-refractivity contribution in [2.45, 2.75) is 63.9 Å². The molecule has 1 aromatic rings. The number of ether oxygens (including phenoxy) is 1. The number of hydrogen-bond donors (Lipinski definition) is 1. The summed E-state index contributed by atoms with van der Waals surface area (Å²) in [5.41, 5.74) is 3.90. The Labute approximate surface area is 164 Å². The zero-order valence-electron chi connectivity index (χ0n) is 15.5. The second kappa shape index (κ2) is 7.51. The fourth-order valence-electron chi connectivity index (χ4n) is 4.46. The minimum absolute atomic E-state index is 0.0129. The number of rotatable bonds is 3. The molecule has 1 saturated carbocycles. The molecule has 1 aliphatic heterocycles. The number of halogens is 1. The van der Waals surface area contributed by atoms with Crippen LogP contribution in [0, 0.1) is 0 Å². The van der Waals surface area contributed by atoms with Gasteiger partial charge in [-0.2, -0.15) is 0 Å². The van der Waals surface area contributed by atoms with Crippen LogP contribution in [-0.4, -0.2) is 17.9 Å². The lowest BCUT2D eigenvalue weighted by Crippen LogP contribution is -2.35. The molecule has 142 valence electrons. The Morgan fingerprint density at radius 1 is 1.11 bits per heavy atom. The highest BCUT2D eigenvalue weighted by Crippen LogP contribution is 2.43. The van der Waals surface area contributed by atoms with Gasteiger partial charge in [-0.25, -0.2) is 4.79 Å². The number of allylic oxidation sites excluding steroid dienone is 3. The van der Waals surface area contributed by atoms with Gasteiger partial charge in [0.05, 0.1) is 5.57 Å². The van der Waals surface area contributed by atoms with E-state index >= 15 is 0 Å². The Morgan fingerprint density at radius 3 is 2.52 bits per heavy atom. The maximum Gasteiger partial charge on any atom is 0.337 e. The summed E-state index contributed by atoms with van der Waals surface area (Å²) in [6, 6.07) is 7.42. The lowest BCUT2D eigenvalue weighted by molar-refractivity contribution is -0.144. The molecular formula is C22H24ClNO3. The van der Waals surface area contributed by atoms with Gasteiger partial charge in [-0.05, 0) is 63.1 Å². The zero-order chi connectivity index (χ0) is 19.0. The van der Waals surface area contributed by atoms with Crippen LogP contribution < -0.4 is 5.32 Å². The first kappa shape index (κ1) is 18.3. The van der Waals surface area contributed by atoms with Gasteiger partial charge in [0, 0.05) is 34.3 Å². The molecule has 3 aliphatic rings. The van der Waals surface area contributed by atoms with Gasteiger partial charge in [0.15, 0.2) is 5.78 Å². The van der Waals surface area contributed by atoms with Crippen LogP contribution in [0.5, 0.6) is 0 Å². The van der Waals surface area contributed by atoms with Crippen molar-refractivity contribution >= 4 is 23.4 Å². The molecule has 1 fully saturated rings. The molecule has 5 heteroatoms. The Morgan fingerprint density at radius 2 is 1.81 bits per heavy atom. The van der Waals surface area contributed by atoms with Crippen LogP contribution in [0.15, 0.2) is 46.8 Å². The van der Waals surface area contributed by atoms with Crippen LogP contribution in [0.2, 0.25) is 5.02 Å². The van der Waals surface area contributed by atoms with Crippen molar-refractivity contribution in [3.8, 4) is 0 Å². The van der Waals surface area contributed by atoms with Crippen molar-refractivity contribution in [2.75, 3.05) is 0 Å². The predicted molar refractivity (Wildman–Crippen MR) is 104 cm³/mol. The first-order valence-corrected chi connectivity index (χ1v) is 10.1. The molecule has 27 heavy (non-hydrogen) atoms. The molecule has 1 atom stereocenters. The number of carbonyl (C=O) groups is 2. The van der Waals surface area contributed by atoms with Gasteiger partial charge in [0.2, 0.25) is 0 Å². The summed E-state index contributed by atoms with van der Waals surface area (Å²) in [5.74, 6) is -0.584. The van der Waals surface area contributed by atoms with E-state index in [1.807, 2.05) is 31.2 Å². The van der Waals surface area contributed by atoms with Crippen LogP contribution in [0.3, 0.4) is 0 Å². The third-order valence-electron chi connectivity index (χ3n) is 5.78. The molecule has 1 aromatic carbocycles. The molecule has 0 radical (unpaired) electrons. The van der Waals surface area contributed by atoms with Crippen molar-refractivity contribution in [3.63, 3.8) is 0 Å². The van der Waals surface area contributed by atoms with Crippen LogP contribution in [0.1, 0.15) is 63.4 Å². The summed E-state index contributed by atoms with van der Waals surface area (Å²) in [6.45, 7) is 1.90. The average Bonchev–Trinajstić information content (AvgIpc) is 3.14. The predicted octanol–water partition coefficient (Wildman–Crippen LogP) is 4.79. The number of nitrogens with one attached hydrogen (secondary N) is 1. The van der Waals surface area contributed by atoms with Crippen LogP contribution >= 0.6 is 11.6 Å². The number of ketones is 1. The van der Waals surface area contributed by atoms with Gasteiger partial charge >= 0.3 is 5.97 Å². The number of esters is 1. The first-order valence-electron chi connectivity index (χ1n) is 9.75. The minimum Gasteiger partial charge on any atom is -0.459 e. The molecule has 0 saturated heterocycles. The van der Waals surface area contributed by atoms with E-state index in [9.17, 15) is 9.59 Å². The SMILES string of the molecule is CC1=C(C(=O)OC2CCCC2)C(c2ccc(Cl)cc2)C2=C(CCCC2=O)N1. The third-order valence-corrected chi connectivity index (χ3v) is 6.03. The second-order valence-corrected chi connectivity index (χ2v) is 8.07. The van der Waals surface area contributed by atoms with Crippen molar-refractivity contribution in [1.29, 1.82) is 0 Å². The summed E-state index contributed by atoms with van der Waals surface area (Å²) in [6.07, 6.45) is 6.22. The molecule has 0 aromatic heterocycles. The summed E-state index contributed by atoms with van der Waals surface area (Å²) in [7, 11) is 0. The fraction of sp³-hybridized carbons (Fsp3) is 0.455. The molecule has 1 heterocycles. The average molecular weight is 386 g/mol. The van der Waals surface area contributed by atoms with Gasteiger partial charge in [-0.15, -0.1) is 0 Å². The molecule has 1 N–H and O–H groups in total. The molecule has 0 spiro atoms. The molecule has 0 amide bonds. The van der Waals surface area contributed by atoms with Crippen molar-refractivity contribution in [3.05, 3.63) is 57.4 Å². The van der Waals surface area contributed by atoms with Crippen molar-refractivity contribution < 1.29 is 14.3 Å². The van der Waals surface area contributed by atoms with Crippen molar-refractivity contribution in [1.82, 2.24) is 5.32 Å². The molecular weight excluding hydrogens is 362 g/mol. The lowest BCUT2D eigenvalue weighted by Gasteiger charge is -2.34. The highest BCUT2D eigenvalue weighted by Gasteiger charge is 2.39. The molecule has 2 aliphatic carbocycles. The number of benzene rings is 1. The quantitative estimate of drug-likeness (QED) is 0.760. The molecule has 0 bridgehead atoms. The van der Waals surface area contributed by atoms with Crippen LogP contribution in [0.4, 0.5) is 0 Å². The Balaban J connectivity index is 1.75. The topological polar surface area (TPSA) is 55.4 Å². The standard InChI is InChI=1S/C22H24ClNO3/c1-13-19(22(26)27-16-5-2-3-6-16)20(14-9-11-15(23)12-10-14)21-17(24-13)7-4-8-18(21)25/h9-12,16,20,24H,2-8H2,1H3. The molecule has 4 rings (SSSR count). The third kappa shape index (κ3) is 3.55. The maximum absolute atomic E-state index is 13.1. The zero-order valence-corrected chi connectivity index (χ0v) is 16.3.